The van der Waals surface area contributed by atoms with Crippen molar-refractivity contribution in [1.82, 2.24) is 0 Å². The summed E-state index contributed by atoms with van der Waals surface area (Å²) in [6, 6.07) is 16.0. The molecule has 0 saturated carbocycles. The van der Waals surface area contributed by atoms with E-state index in [2.05, 4.69) is 17.4 Å². The number of benzene rings is 2. The molecule has 2 aromatic rings. The van der Waals surface area contributed by atoms with E-state index in [0.29, 0.717) is 5.56 Å². The van der Waals surface area contributed by atoms with Gasteiger partial charge in [0.2, 0.25) is 7.98 Å². The van der Waals surface area contributed by atoms with E-state index in [1.165, 1.54) is 12.7 Å². The van der Waals surface area contributed by atoms with Crippen molar-refractivity contribution in [1.29, 1.82) is 0 Å². The summed E-state index contributed by atoms with van der Waals surface area (Å²) in [6.45, 7) is 0. The molecule has 0 radical (unpaired) electrons. The van der Waals surface area contributed by atoms with Crippen molar-refractivity contribution in [3.63, 3.8) is 0 Å². The molecule has 0 unspecified atom stereocenters. The Labute approximate surface area is 124 Å². The molecule has 1 N–H and O–H groups in total. The highest BCUT2D eigenvalue weighted by Gasteiger charge is 2.11. The maximum atomic E-state index is 11.6. The number of anilines is 1. The Bertz CT molecular complexity index is 590. The fourth-order valence-corrected chi connectivity index (χ4v) is 2.74. The SMILES string of the molecule is BNc1cc(SCc2ccccc2)ccc1C(=O)OC. The van der Waals surface area contributed by atoms with Crippen LogP contribution in [-0.2, 0) is 10.5 Å². The van der Waals surface area contributed by atoms with Gasteiger partial charge in [-0.1, -0.05) is 30.3 Å². The van der Waals surface area contributed by atoms with Crippen LogP contribution in [0.25, 0.3) is 0 Å². The number of rotatable bonds is 5. The quantitative estimate of drug-likeness (QED) is 0.521. The maximum absolute atomic E-state index is 11.6. The third-order valence-corrected chi connectivity index (χ3v) is 3.98. The number of thioether (sulfide) groups is 1. The van der Waals surface area contributed by atoms with E-state index >= 15 is 0 Å². The summed E-state index contributed by atoms with van der Waals surface area (Å²) >= 11 is 1.74. The molecule has 0 heterocycles. The number of ether oxygens (including phenoxy) is 1. The molecule has 0 saturated heterocycles. The lowest BCUT2D eigenvalue weighted by Gasteiger charge is -2.10. The van der Waals surface area contributed by atoms with Crippen LogP contribution < -0.4 is 5.23 Å². The summed E-state index contributed by atoms with van der Waals surface area (Å²) in [5.41, 5.74) is 2.62. The fourth-order valence-electron chi connectivity index (χ4n) is 1.85. The van der Waals surface area contributed by atoms with Crippen molar-refractivity contribution < 1.29 is 9.53 Å². The van der Waals surface area contributed by atoms with Crippen LogP contribution in [0.15, 0.2) is 53.4 Å². The Morgan fingerprint density at radius 1 is 1.25 bits per heavy atom. The van der Waals surface area contributed by atoms with Crippen LogP contribution in [0, 0.1) is 0 Å². The minimum atomic E-state index is -0.325. The molecule has 0 spiro atoms. The lowest BCUT2D eigenvalue weighted by molar-refractivity contribution is 0.0602. The monoisotopic (exact) mass is 285 g/mol. The summed E-state index contributed by atoms with van der Waals surface area (Å²) in [4.78, 5) is 12.7. The van der Waals surface area contributed by atoms with Crippen LogP contribution in [0.5, 0.6) is 0 Å². The van der Waals surface area contributed by atoms with E-state index in [1.54, 1.807) is 25.8 Å². The molecule has 0 aliphatic rings. The second kappa shape index (κ2) is 7.05. The van der Waals surface area contributed by atoms with Crippen LogP contribution in [0.3, 0.4) is 0 Å². The first-order valence-electron chi connectivity index (χ1n) is 6.31. The van der Waals surface area contributed by atoms with Crippen LogP contribution in [0.4, 0.5) is 5.69 Å². The maximum Gasteiger partial charge on any atom is 0.339 e. The van der Waals surface area contributed by atoms with Crippen molar-refractivity contribution in [2.75, 3.05) is 12.3 Å². The lowest BCUT2D eigenvalue weighted by atomic mass is 10.1. The van der Waals surface area contributed by atoms with Crippen LogP contribution >= 0.6 is 11.8 Å². The van der Waals surface area contributed by atoms with Crippen molar-refractivity contribution in [2.24, 2.45) is 0 Å². The summed E-state index contributed by atoms with van der Waals surface area (Å²) in [6.07, 6.45) is 0. The van der Waals surface area contributed by atoms with Crippen molar-refractivity contribution in [2.45, 2.75) is 10.6 Å². The van der Waals surface area contributed by atoms with Gasteiger partial charge in [0.25, 0.3) is 0 Å². The molecule has 0 aliphatic heterocycles. The predicted octanol–water partition coefficient (Wildman–Crippen LogP) is 2.73. The average Bonchev–Trinajstić information content (AvgIpc) is 2.52. The molecule has 3 nitrogen and oxygen atoms in total. The van der Waals surface area contributed by atoms with Gasteiger partial charge in [-0.05, 0) is 23.8 Å². The highest BCUT2D eigenvalue weighted by molar-refractivity contribution is 7.98. The van der Waals surface area contributed by atoms with E-state index < -0.39 is 0 Å². The molecule has 0 bridgehead atoms. The van der Waals surface area contributed by atoms with Gasteiger partial charge in [0.05, 0.1) is 12.7 Å². The third kappa shape index (κ3) is 3.57. The number of carbonyl (C=O) groups excluding carboxylic acids is 1. The van der Waals surface area contributed by atoms with E-state index in [-0.39, 0.29) is 5.97 Å². The first-order chi connectivity index (χ1) is 9.74. The molecule has 20 heavy (non-hydrogen) atoms. The van der Waals surface area contributed by atoms with Crippen LogP contribution in [0.2, 0.25) is 0 Å². The van der Waals surface area contributed by atoms with E-state index in [9.17, 15) is 4.79 Å². The minimum Gasteiger partial charge on any atom is -0.465 e. The number of nitrogens with one attached hydrogen (secondary N) is 1. The molecule has 5 heteroatoms. The molecular formula is C15H16BNO2S. The topological polar surface area (TPSA) is 38.3 Å². The van der Waals surface area contributed by atoms with Crippen molar-refractivity contribution in [3.8, 4) is 0 Å². The van der Waals surface area contributed by atoms with Gasteiger partial charge in [-0.15, -0.1) is 11.8 Å². The molecule has 0 atom stereocenters. The molecule has 0 amide bonds. The van der Waals surface area contributed by atoms with Gasteiger partial charge in [-0.25, -0.2) is 4.79 Å². The zero-order chi connectivity index (χ0) is 14.4. The van der Waals surface area contributed by atoms with Gasteiger partial charge in [0.15, 0.2) is 0 Å². The van der Waals surface area contributed by atoms with Crippen LogP contribution in [-0.4, -0.2) is 21.1 Å². The highest BCUT2D eigenvalue weighted by Crippen LogP contribution is 2.27. The van der Waals surface area contributed by atoms with E-state index in [0.717, 1.165) is 16.3 Å². The summed E-state index contributed by atoms with van der Waals surface area (Å²) in [5, 5.41) is 3.04. The normalized spacial score (nSPS) is 10.1. The Balaban J connectivity index is 2.12. The Hall–Kier alpha value is -1.88. The smallest absolute Gasteiger partial charge is 0.339 e. The summed E-state index contributed by atoms with van der Waals surface area (Å²) in [7, 11) is 3.19. The Morgan fingerprint density at radius 3 is 2.65 bits per heavy atom. The van der Waals surface area contributed by atoms with Gasteiger partial charge in [-0.3, -0.25) is 0 Å². The van der Waals surface area contributed by atoms with E-state index in [1.807, 2.05) is 30.3 Å². The number of esters is 1. The van der Waals surface area contributed by atoms with E-state index in [4.69, 9.17) is 4.74 Å². The first-order valence-corrected chi connectivity index (χ1v) is 7.30. The number of carbonyl (C=O) groups is 1. The number of hydrogen-bond acceptors (Lipinski definition) is 4. The number of hydrogen-bond donors (Lipinski definition) is 1. The zero-order valence-corrected chi connectivity index (χ0v) is 12.4. The Morgan fingerprint density at radius 2 is 2.00 bits per heavy atom. The van der Waals surface area contributed by atoms with Gasteiger partial charge >= 0.3 is 5.97 Å². The van der Waals surface area contributed by atoms with Crippen LogP contribution in [0.1, 0.15) is 15.9 Å². The highest BCUT2D eigenvalue weighted by atomic mass is 32.2. The van der Waals surface area contributed by atoms with Crippen molar-refractivity contribution >= 4 is 31.4 Å². The summed E-state index contributed by atoms with van der Waals surface area (Å²) < 4.78 is 4.76. The largest absolute Gasteiger partial charge is 0.465 e. The van der Waals surface area contributed by atoms with Gasteiger partial charge in [0.1, 0.15) is 0 Å². The second-order valence-electron chi connectivity index (χ2n) is 4.22. The van der Waals surface area contributed by atoms with Crippen molar-refractivity contribution in [3.05, 3.63) is 59.7 Å². The number of methoxy groups -OCH3 is 1. The lowest BCUT2D eigenvalue weighted by Crippen LogP contribution is -2.06. The van der Waals surface area contributed by atoms with Gasteiger partial charge in [0, 0.05) is 16.3 Å². The summed E-state index contributed by atoms with van der Waals surface area (Å²) in [5.74, 6) is 0.579. The van der Waals surface area contributed by atoms with Gasteiger partial charge in [-0.2, -0.15) is 0 Å². The molecule has 2 aromatic carbocycles. The second-order valence-corrected chi connectivity index (χ2v) is 5.27. The molecule has 0 fully saturated rings. The molecule has 102 valence electrons. The fraction of sp³-hybridized carbons (Fsp3) is 0.133. The van der Waals surface area contributed by atoms with Gasteiger partial charge < -0.3 is 9.96 Å². The zero-order valence-electron chi connectivity index (χ0n) is 11.6. The Kier molecular flexibility index (Phi) is 5.13. The third-order valence-electron chi connectivity index (χ3n) is 2.91. The average molecular weight is 285 g/mol. The predicted molar refractivity (Wildman–Crippen MR) is 86.0 cm³/mol. The standard InChI is InChI=1S/C15H16BNO2S/c1-19-15(18)13-8-7-12(9-14(13)17-16)20-10-11-5-3-2-4-6-11/h2-9,17H,10,16H2,1H3. The first kappa shape index (κ1) is 14.5. The minimum absolute atomic E-state index is 0.325. The molecule has 0 aliphatic carbocycles. The molecule has 2 rings (SSSR count). The molecule has 0 aromatic heterocycles. The molecular weight excluding hydrogens is 269 g/mol.